The number of hydrogen-bond acceptors (Lipinski definition) is 3. The molecule has 1 aliphatic heterocycles. The Bertz CT molecular complexity index is 595. The van der Waals surface area contributed by atoms with Crippen LogP contribution in [0.1, 0.15) is 31.4 Å². The van der Waals surface area contributed by atoms with Crippen molar-refractivity contribution in [2.24, 2.45) is 11.7 Å². The molecule has 0 unspecified atom stereocenters. The van der Waals surface area contributed by atoms with Crippen LogP contribution in [0.5, 0.6) is 0 Å². The van der Waals surface area contributed by atoms with Gasteiger partial charge in [0, 0.05) is 32.7 Å². The Hall–Kier alpha value is -2.08. The molecule has 3 amide bonds. The van der Waals surface area contributed by atoms with Crippen LogP contribution in [0.25, 0.3) is 0 Å². The number of carbonyl (C=O) groups is 2. The molecule has 1 atom stereocenters. The van der Waals surface area contributed by atoms with Crippen LogP contribution in [0, 0.1) is 12.8 Å². The number of carbonyl (C=O) groups excluding carboxylic acids is 2. The molecule has 1 aromatic carbocycles. The molecule has 3 N–H and O–H groups in total. The number of rotatable bonds is 6. The molecule has 25 heavy (non-hydrogen) atoms. The minimum Gasteiger partial charge on any atom is -0.352 e. The van der Waals surface area contributed by atoms with Crippen molar-refractivity contribution in [3.8, 4) is 0 Å². The van der Waals surface area contributed by atoms with Gasteiger partial charge in [0.25, 0.3) is 0 Å². The zero-order chi connectivity index (χ0) is 18.4. The van der Waals surface area contributed by atoms with E-state index in [1.807, 2.05) is 18.7 Å². The molecule has 0 aromatic heterocycles. The molecule has 6 heteroatoms. The fraction of sp³-hybridized carbons (Fsp3) is 0.579. The van der Waals surface area contributed by atoms with Crippen molar-refractivity contribution in [1.82, 2.24) is 15.1 Å². The average Bonchev–Trinajstić information content (AvgIpc) is 2.55. The van der Waals surface area contributed by atoms with E-state index in [1.54, 1.807) is 0 Å². The number of urea groups is 1. The minimum atomic E-state index is -0.641. The molecular weight excluding hydrogens is 316 g/mol. The standard InChI is InChI=1S/C19H30N4O2/c1-14(2)12-17(21-19(20)25)18(24)23-10-8-22(9-11-23)13-16-7-5-4-6-15(16)3/h4-7,14,17H,8-13H2,1-3H3,(H3,20,21,25)/t17-/m1/s1. The topological polar surface area (TPSA) is 78.7 Å². The Kier molecular flexibility index (Phi) is 6.82. The van der Waals surface area contributed by atoms with Gasteiger partial charge in [-0.2, -0.15) is 0 Å². The highest BCUT2D eigenvalue weighted by Crippen LogP contribution is 2.14. The van der Waals surface area contributed by atoms with Gasteiger partial charge in [-0.15, -0.1) is 0 Å². The number of benzene rings is 1. The van der Waals surface area contributed by atoms with Crippen LogP contribution in [-0.2, 0) is 11.3 Å². The number of nitrogens with zero attached hydrogens (tertiary/aromatic N) is 2. The van der Waals surface area contributed by atoms with Crippen LogP contribution < -0.4 is 11.1 Å². The molecule has 0 radical (unpaired) electrons. The van der Waals surface area contributed by atoms with E-state index < -0.39 is 12.1 Å². The summed E-state index contributed by atoms with van der Waals surface area (Å²) in [6.07, 6.45) is 0.602. The van der Waals surface area contributed by atoms with Crippen LogP contribution >= 0.6 is 0 Å². The largest absolute Gasteiger partial charge is 0.352 e. The monoisotopic (exact) mass is 346 g/mol. The van der Waals surface area contributed by atoms with E-state index in [2.05, 4.69) is 41.4 Å². The van der Waals surface area contributed by atoms with E-state index in [4.69, 9.17) is 5.73 Å². The zero-order valence-corrected chi connectivity index (χ0v) is 15.5. The Balaban J connectivity index is 1.90. The molecular formula is C19H30N4O2. The predicted molar refractivity (Wildman–Crippen MR) is 99.0 cm³/mol. The number of amides is 3. The summed E-state index contributed by atoms with van der Waals surface area (Å²) in [5.74, 6) is 0.284. The van der Waals surface area contributed by atoms with E-state index in [0.717, 1.165) is 19.6 Å². The lowest BCUT2D eigenvalue weighted by molar-refractivity contribution is -0.135. The molecule has 138 valence electrons. The summed E-state index contributed by atoms with van der Waals surface area (Å²) in [6.45, 7) is 10.1. The van der Waals surface area contributed by atoms with Gasteiger partial charge >= 0.3 is 6.03 Å². The van der Waals surface area contributed by atoms with Gasteiger partial charge in [-0.25, -0.2) is 4.79 Å². The van der Waals surface area contributed by atoms with E-state index >= 15 is 0 Å². The first-order valence-electron chi connectivity index (χ1n) is 8.98. The quantitative estimate of drug-likeness (QED) is 0.823. The lowest BCUT2D eigenvalue weighted by atomic mass is 10.0. The lowest BCUT2D eigenvalue weighted by Gasteiger charge is -2.37. The van der Waals surface area contributed by atoms with E-state index in [1.165, 1.54) is 11.1 Å². The molecule has 1 fully saturated rings. The summed E-state index contributed by atoms with van der Waals surface area (Å²) >= 11 is 0. The van der Waals surface area contributed by atoms with Gasteiger partial charge in [-0.3, -0.25) is 9.69 Å². The van der Waals surface area contributed by atoms with Crippen molar-refractivity contribution in [1.29, 1.82) is 0 Å². The molecule has 1 heterocycles. The minimum absolute atomic E-state index is 0.0250. The normalized spacial score (nSPS) is 16.7. The second-order valence-electron chi connectivity index (χ2n) is 7.22. The molecule has 0 spiro atoms. The molecule has 2 rings (SSSR count). The zero-order valence-electron chi connectivity index (χ0n) is 15.5. The Morgan fingerprint density at radius 3 is 2.36 bits per heavy atom. The highest BCUT2D eigenvalue weighted by Gasteiger charge is 2.28. The van der Waals surface area contributed by atoms with Crippen molar-refractivity contribution in [3.05, 3.63) is 35.4 Å². The first-order chi connectivity index (χ1) is 11.9. The number of nitrogens with two attached hydrogens (primary N) is 1. The van der Waals surface area contributed by atoms with Gasteiger partial charge in [0.15, 0.2) is 0 Å². The highest BCUT2D eigenvalue weighted by atomic mass is 16.2. The van der Waals surface area contributed by atoms with Gasteiger partial charge in [-0.1, -0.05) is 38.1 Å². The SMILES string of the molecule is Cc1ccccc1CN1CCN(C(=O)[C@@H](CC(C)C)NC(N)=O)CC1. The van der Waals surface area contributed by atoms with Gasteiger partial charge in [0.1, 0.15) is 6.04 Å². The fourth-order valence-corrected chi connectivity index (χ4v) is 3.24. The third-order valence-corrected chi connectivity index (χ3v) is 4.66. The first-order valence-corrected chi connectivity index (χ1v) is 8.98. The van der Waals surface area contributed by atoms with E-state index in [-0.39, 0.29) is 5.91 Å². The second-order valence-corrected chi connectivity index (χ2v) is 7.22. The molecule has 0 saturated carbocycles. The summed E-state index contributed by atoms with van der Waals surface area (Å²) < 4.78 is 0. The van der Waals surface area contributed by atoms with Crippen LogP contribution in [0.3, 0.4) is 0 Å². The number of piperazine rings is 1. The maximum atomic E-state index is 12.7. The third kappa shape index (κ3) is 5.74. The molecule has 6 nitrogen and oxygen atoms in total. The number of primary amides is 1. The van der Waals surface area contributed by atoms with Gasteiger partial charge in [-0.05, 0) is 30.4 Å². The van der Waals surface area contributed by atoms with Crippen molar-refractivity contribution in [3.63, 3.8) is 0 Å². The van der Waals surface area contributed by atoms with Gasteiger partial charge < -0.3 is 16.0 Å². The summed E-state index contributed by atoms with van der Waals surface area (Å²) in [7, 11) is 0. The van der Waals surface area contributed by atoms with E-state index in [9.17, 15) is 9.59 Å². The van der Waals surface area contributed by atoms with Crippen molar-refractivity contribution in [2.45, 2.75) is 39.8 Å². The summed E-state index contributed by atoms with van der Waals surface area (Å²) in [5.41, 5.74) is 7.85. The van der Waals surface area contributed by atoms with Gasteiger partial charge in [0.05, 0.1) is 0 Å². The van der Waals surface area contributed by atoms with Gasteiger partial charge in [0.2, 0.25) is 5.91 Å². The molecule has 0 aliphatic carbocycles. The second kappa shape index (κ2) is 8.85. The molecule has 1 aromatic rings. The number of hydrogen-bond donors (Lipinski definition) is 2. The first kappa shape index (κ1) is 19.2. The Morgan fingerprint density at radius 2 is 1.80 bits per heavy atom. The van der Waals surface area contributed by atoms with Crippen LogP contribution in [0.4, 0.5) is 4.79 Å². The average molecular weight is 346 g/mol. The van der Waals surface area contributed by atoms with E-state index in [0.29, 0.717) is 25.4 Å². The van der Waals surface area contributed by atoms with Crippen LogP contribution in [-0.4, -0.2) is 54.0 Å². The van der Waals surface area contributed by atoms with Crippen molar-refractivity contribution >= 4 is 11.9 Å². The summed E-state index contributed by atoms with van der Waals surface area (Å²) in [4.78, 5) is 28.1. The molecule has 1 aliphatic rings. The van der Waals surface area contributed by atoms with Crippen molar-refractivity contribution < 1.29 is 9.59 Å². The fourth-order valence-electron chi connectivity index (χ4n) is 3.24. The lowest BCUT2D eigenvalue weighted by Crippen LogP contribution is -2.55. The number of aryl methyl sites for hydroxylation is 1. The smallest absolute Gasteiger partial charge is 0.312 e. The maximum absolute atomic E-state index is 12.7. The van der Waals surface area contributed by atoms with Crippen LogP contribution in [0.2, 0.25) is 0 Å². The Labute approximate surface area is 150 Å². The summed E-state index contributed by atoms with van der Waals surface area (Å²) in [6, 6.07) is 7.23. The maximum Gasteiger partial charge on any atom is 0.312 e. The predicted octanol–water partition coefficient (Wildman–Crippen LogP) is 1.72. The highest BCUT2D eigenvalue weighted by molar-refractivity contribution is 5.86. The third-order valence-electron chi connectivity index (χ3n) is 4.66. The molecule has 1 saturated heterocycles. The Morgan fingerprint density at radius 1 is 1.16 bits per heavy atom. The number of nitrogens with one attached hydrogen (secondary N) is 1. The van der Waals surface area contributed by atoms with Crippen molar-refractivity contribution in [2.75, 3.05) is 26.2 Å². The van der Waals surface area contributed by atoms with Crippen LogP contribution in [0.15, 0.2) is 24.3 Å². The summed E-state index contributed by atoms with van der Waals surface area (Å²) in [5, 5.41) is 2.60. The molecule has 0 bridgehead atoms.